The third-order valence-electron chi connectivity index (χ3n) is 2.55. The Bertz CT molecular complexity index is 197. The highest BCUT2D eigenvalue weighted by molar-refractivity contribution is 5.36. The second-order valence-electron chi connectivity index (χ2n) is 3.56. The maximum atomic E-state index is 13.4. The Kier molecular flexibility index (Phi) is 1.85. The summed E-state index contributed by atoms with van der Waals surface area (Å²) in [7, 11) is 0. The molecule has 3 heteroatoms. The molecule has 1 saturated carbocycles. The van der Waals surface area contributed by atoms with Gasteiger partial charge in [0.25, 0.3) is 0 Å². The van der Waals surface area contributed by atoms with Crippen LogP contribution in [0, 0.1) is 0 Å². The Labute approximate surface area is 65.5 Å². The molecule has 1 rings (SSSR count). The van der Waals surface area contributed by atoms with Crippen LogP contribution in [0.1, 0.15) is 33.1 Å². The second-order valence-corrected chi connectivity index (χ2v) is 3.56. The Morgan fingerprint density at radius 1 is 1.55 bits per heavy atom. The van der Waals surface area contributed by atoms with Crippen molar-refractivity contribution < 1.29 is 9.18 Å². The van der Waals surface area contributed by atoms with Gasteiger partial charge in [0.15, 0.2) is 0 Å². The first-order valence-corrected chi connectivity index (χ1v) is 3.80. The molecule has 1 aliphatic carbocycles. The number of isocyanates is 1. The molecule has 0 amide bonds. The van der Waals surface area contributed by atoms with Crippen molar-refractivity contribution in [3.05, 3.63) is 0 Å². The highest BCUT2D eigenvalue weighted by atomic mass is 19.1. The maximum Gasteiger partial charge on any atom is 0.235 e. The molecule has 0 aromatic heterocycles. The van der Waals surface area contributed by atoms with E-state index >= 15 is 0 Å². The van der Waals surface area contributed by atoms with Crippen LogP contribution < -0.4 is 0 Å². The predicted octanol–water partition coefficient (Wildman–Crippen LogP) is 1.99. The zero-order chi connectivity index (χ0) is 8.54. The fraction of sp³-hybridized carbons (Fsp3) is 0.875. The third-order valence-corrected chi connectivity index (χ3v) is 2.55. The van der Waals surface area contributed by atoms with E-state index in [0.717, 1.165) is 6.42 Å². The molecule has 0 radical (unpaired) electrons. The van der Waals surface area contributed by atoms with Crippen molar-refractivity contribution in [3.63, 3.8) is 0 Å². The number of halogens is 1. The lowest BCUT2D eigenvalue weighted by Crippen LogP contribution is -2.50. The van der Waals surface area contributed by atoms with Gasteiger partial charge in [-0.15, -0.1) is 0 Å². The van der Waals surface area contributed by atoms with Crippen molar-refractivity contribution in [3.8, 4) is 0 Å². The van der Waals surface area contributed by atoms with Gasteiger partial charge in [-0.05, 0) is 33.1 Å². The van der Waals surface area contributed by atoms with E-state index in [-0.39, 0.29) is 0 Å². The summed E-state index contributed by atoms with van der Waals surface area (Å²) in [5.41, 5.74) is -2.14. The summed E-state index contributed by atoms with van der Waals surface area (Å²) in [6.07, 6.45) is 3.75. The molecule has 1 fully saturated rings. The van der Waals surface area contributed by atoms with Gasteiger partial charge in [-0.3, -0.25) is 0 Å². The van der Waals surface area contributed by atoms with E-state index in [1.54, 1.807) is 0 Å². The summed E-state index contributed by atoms with van der Waals surface area (Å²) >= 11 is 0. The van der Waals surface area contributed by atoms with Crippen molar-refractivity contribution in [1.82, 2.24) is 0 Å². The number of carbonyl (C=O) groups excluding carboxylic acids is 1. The molecule has 0 saturated heterocycles. The largest absolute Gasteiger partial charge is 0.242 e. The summed E-state index contributed by atoms with van der Waals surface area (Å²) in [4.78, 5) is 13.6. The van der Waals surface area contributed by atoms with E-state index in [1.165, 1.54) is 19.9 Å². The van der Waals surface area contributed by atoms with E-state index in [2.05, 4.69) is 4.99 Å². The number of alkyl halides is 1. The van der Waals surface area contributed by atoms with Gasteiger partial charge < -0.3 is 0 Å². The lowest BCUT2D eigenvalue weighted by molar-refractivity contribution is 0.0366. The fourth-order valence-electron chi connectivity index (χ4n) is 1.44. The first-order valence-electron chi connectivity index (χ1n) is 3.80. The van der Waals surface area contributed by atoms with Crippen LogP contribution in [-0.4, -0.2) is 17.3 Å². The van der Waals surface area contributed by atoms with Crippen molar-refractivity contribution in [2.24, 2.45) is 4.99 Å². The molecule has 0 spiro atoms. The molecule has 62 valence electrons. The van der Waals surface area contributed by atoms with Gasteiger partial charge in [0.2, 0.25) is 6.08 Å². The van der Waals surface area contributed by atoms with Crippen molar-refractivity contribution in [1.29, 1.82) is 0 Å². The molecule has 0 unspecified atom stereocenters. The summed E-state index contributed by atoms with van der Waals surface area (Å²) < 4.78 is 13.4. The monoisotopic (exact) mass is 157 g/mol. The van der Waals surface area contributed by atoms with Crippen molar-refractivity contribution in [2.45, 2.75) is 44.3 Å². The number of hydrogen-bond donors (Lipinski definition) is 0. The van der Waals surface area contributed by atoms with E-state index in [1.807, 2.05) is 0 Å². The molecule has 0 heterocycles. The molecule has 0 atom stereocenters. The van der Waals surface area contributed by atoms with Crippen LogP contribution in [0.5, 0.6) is 0 Å². The Hall–Kier alpha value is -0.690. The minimum Gasteiger partial charge on any atom is -0.242 e. The number of aliphatic imine (C=N–C) groups is 1. The molecule has 11 heavy (non-hydrogen) atoms. The normalized spacial score (nSPS) is 21.7. The highest BCUT2D eigenvalue weighted by Crippen LogP contribution is 2.45. The minimum absolute atomic E-state index is 0.672. The van der Waals surface area contributed by atoms with Gasteiger partial charge in [-0.2, -0.15) is 4.99 Å². The average molecular weight is 157 g/mol. The summed E-state index contributed by atoms with van der Waals surface area (Å²) in [6, 6.07) is 0. The van der Waals surface area contributed by atoms with Crippen LogP contribution >= 0.6 is 0 Å². The number of rotatable bonds is 2. The molecular weight excluding hydrogens is 145 g/mol. The molecule has 0 aromatic rings. The lowest BCUT2D eigenvalue weighted by Gasteiger charge is -2.43. The summed E-state index contributed by atoms with van der Waals surface area (Å²) in [6.45, 7) is 2.93. The van der Waals surface area contributed by atoms with Gasteiger partial charge in [0.05, 0.1) is 0 Å². The van der Waals surface area contributed by atoms with E-state index < -0.39 is 11.2 Å². The first kappa shape index (κ1) is 8.41. The van der Waals surface area contributed by atoms with Crippen LogP contribution in [-0.2, 0) is 4.79 Å². The predicted molar refractivity (Wildman–Crippen MR) is 39.9 cm³/mol. The quantitative estimate of drug-likeness (QED) is 0.445. The third kappa shape index (κ3) is 1.21. The summed E-state index contributed by atoms with van der Waals surface area (Å²) in [5.74, 6) is 0. The average Bonchev–Trinajstić information content (AvgIpc) is 1.75. The number of nitrogens with zero attached hydrogens (tertiary/aromatic N) is 1. The molecule has 1 aliphatic rings. The van der Waals surface area contributed by atoms with Crippen LogP contribution in [0.15, 0.2) is 4.99 Å². The maximum absolute atomic E-state index is 13.4. The van der Waals surface area contributed by atoms with Crippen molar-refractivity contribution in [2.75, 3.05) is 0 Å². The molecule has 0 N–H and O–H groups in total. The van der Waals surface area contributed by atoms with E-state index in [0.29, 0.717) is 12.8 Å². The Balaban J connectivity index is 2.84. The van der Waals surface area contributed by atoms with Crippen LogP contribution in [0.3, 0.4) is 0 Å². The van der Waals surface area contributed by atoms with E-state index in [9.17, 15) is 9.18 Å². The fourth-order valence-corrected chi connectivity index (χ4v) is 1.44. The van der Waals surface area contributed by atoms with E-state index in [4.69, 9.17) is 0 Å². The molecule has 0 aromatic carbocycles. The van der Waals surface area contributed by atoms with Crippen LogP contribution in [0.4, 0.5) is 4.39 Å². The standard InChI is InChI=1S/C8H12FNO/c1-7(2,9)8(10-6-11)4-3-5-8/h3-5H2,1-2H3. The zero-order valence-electron chi connectivity index (χ0n) is 6.85. The summed E-state index contributed by atoms with van der Waals surface area (Å²) in [5, 5.41) is 0. The van der Waals surface area contributed by atoms with Gasteiger partial charge in [-0.25, -0.2) is 9.18 Å². The van der Waals surface area contributed by atoms with Gasteiger partial charge >= 0.3 is 0 Å². The Morgan fingerprint density at radius 2 is 2.09 bits per heavy atom. The Morgan fingerprint density at radius 3 is 2.18 bits per heavy atom. The lowest BCUT2D eigenvalue weighted by atomic mass is 9.68. The topological polar surface area (TPSA) is 29.4 Å². The highest BCUT2D eigenvalue weighted by Gasteiger charge is 2.50. The number of hydrogen-bond acceptors (Lipinski definition) is 2. The minimum atomic E-state index is -1.39. The molecular formula is C8H12FNO. The SMILES string of the molecule is CC(C)(F)C1(N=C=O)CCC1. The van der Waals surface area contributed by atoms with Crippen LogP contribution in [0.2, 0.25) is 0 Å². The van der Waals surface area contributed by atoms with Crippen molar-refractivity contribution >= 4 is 6.08 Å². The molecule has 0 bridgehead atoms. The van der Waals surface area contributed by atoms with Crippen LogP contribution in [0.25, 0.3) is 0 Å². The zero-order valence-corrected chi connectivity index (χ0v) is 6.85. The smallest absolute Gasteiger partial charge is 0.235 e. The van der Waals surface area contributed by atoms with Gasteiger partial charge in [0.1, 0.15) is 11.2 Å². The van der Waals surface area contributed by atoms with Gasteiger partial charge in [0, 0.05) is 0 Å². The first-order chi connectivity index (χ1) is 5.02. The second kappa shape index (κ2) is 2.42. The molecule has 2 nitrogen and oxygen atoms in total. The molecule has 0 aliphatic heterocycles. The van der Waals surface area contributed by atoms with Gasteiger partial charge in [-0.1, -0.05) is 0 Å².